The van der Waals surface area contributed by atoms with Gasteiger partial charge in [0.1, 0.15) is 5.75 Å². The quantitative estimate of drug-likeness (QED) is 0.318. The Labute approximate surface area is 189 Å². The Hall–Kier alpha value is -3.65. The van der Waals surface area contributed by atoms with Gasteiger partial charge in [-0.3, -0.25) is 0 Å². The maximum absolute atomic E-state index is 5.93. The van der Waals surface area contributed by atoms with Gasteiger partial charge in [0.25, 0.3) is 5.22 Å². The predicted octanol–water partition coefficient (Wildman–Crippen LogP) is 5.26. The van der Waals surface area contributed by atoms with Crippen molar-refractivity contribution in [3.8, 4) is 11.4 Å². The lowest BCUT2D eigenvalue weighted by Crippen LogP contribution is -1.96. The number of benzene rings is 3. The second kappa shape index (κ2) is 8.84. The van der Waals surface area contributed by atoms with Crippen LogP contribution in [0.25, 0.3) is 16.5 Å². The Balaban J connectivity index is 1.26. The highest BCUT2D eigenvalue weighted by atomic mass is 32.2. The monoisotopic (exact) mass is 443 g/mol. The van der Waals surface area contributed by atoms with Crippen molar-refractivity contribution in [3.63, 3.8) is 0 Å². The van der Waals surface area contributed by atoms with E-state index in [9.17, 15) is 0 Å². The zero-order valence-corrected chi connectivity index (χ0v) is 18.5. The molecule has 8 heteroatoms. The van der Waals surface area contributed by atoms with Crippen LogP contribution in [0.3, 0.4) is 0 Å². The Morgan fingerprint density at radius 3 is 2.62 bits per heavy atom. The third-order valence-electron chi connectivity index (χ3n) is 5.27. The Kier molecular flexibility index (Phi) is 5.60. The molecule has 0 saturated carbocycles. The van der Waals surface area contributed by atoms with Crippen molar-refractivity contribution in [2.75, 3.05) is 7.11 Å². The maximum atomic E-state index is 5.93. The van der Waals surface area contributed by atoms with E-state index in [0.717, 1.165) is 33.5 Å². The van der Waals surface area contributed by atoms with Gasteiger partial charge in [-0.25, -0.2) is 4.68 Å². The fraction of sp³-hybridized carbons (Fsp3) is 0.167. The lowest BCUT2D eigenvalue weighted by Gasteiger charge is -2.09. The van der Waals surface area contributed by atoms with Gasteiger partial charge in [-0.2, -0.15) is 0 Å². The molecule has 0 aliphatic carbocycles. The van der Waals surface area contributed by atoms with Gasteiger partial charge < -0.3 is 9.15 Å². The first-order valence-electron chi connectivity index (χ1n) is 10.2. The highest BCUT2D eigenvalue weighted by Crippen LogP contribution is 2.30. The topological polar surface area (TPSA) is 78.9 Å². The average molecular weight is 444 g/mol. The first-order chi connectivity index (χ1) is 15.7. The molecule has 32 heavy (non-hydrogen) atoms. The van der Waals surface area contributed by atoms with Crippen molar-refractivity contribution in [2.24, 2.45) is 0 Å². The number of fused-ring (bicyclic) bond motifs is 1. The molecule has 0 aliphatic heterocycles. The largest absolute Gasteiger partial charge is 0.497 e. The molecule has 5 aromatic rings. The fourth-order valence-electron chi connectivity index (χ4n) is 3.44. The number of hydrogen-bond donors (Lipinski definition) is 0. The highest BCUT2D eigenvalue weighted by molar-refractivity contribution is 7.98. The zero-order valence-electron chi connectivity index (χ0n) is 17.7. The third-order valence-corrected chi connectivity index (χ3v) is 6.12. The van der Waals surface area contributed by atoms with Crippen LogP contribution in [0.2, 0.25) is 0 Å². The molecule has 0 radical (unpaired) electrons. The molecule has 0 spiro atoms. The number of para-hydroxylation sites is 1. The van der Waals surface area contributed by atoms with Crippen LogP contribution in [0.4, 0.5) is 0 Å². The molecule has 0 unspecified atom stereocenters. The van der Waals surface area contributed by atoms with E-state index in [1.807, 2.05) is 48.7 Å². The lowest BCUT2D eigenvalue weighted by atomic mass is 9.97. The highest BCUT2D eigenvalue weighted by Gasteiger charge is 2.17. The van der Waals surface area contributed by atoms with Crippen LogP contribution in [-0.4, -0.2) is 32.3 Å². The van der Waals surface area contributed by atoms with Crippen LogP contribution in [-0.2, 0) is 5.75 Å². The Morgan fingerprint density at radius 1 is 0.969 bits per heavy atom. The number of rotatable bonds is 7. The average Bonchev–Trinajstić information content (AvgIpc) is 3.52. The third kappa shape index (κ3) is 4.22. The second-order valence-corrected chi connectivity index (χ2v) is 8.31. The predicted molar refractivity (Wildman–Crippen MR) is 123 cm³/mol. The van der Waals surface area contributed by atoms with Gasteiger partial charge in [-0.1, -0.05) is 59.4 Å². The van der Waals surface area contributed by atoms with E-state index in [-0.39, 0.29) is 5.92 Å². The van der Waals surface area contributed by atoms with Gasteiger partial charge in [-0.05, 0) is 47.5 Å². The fourth-order valence-corrected chi connectivity index (χ4v) is 4.09. The molecular weight excluding hydrogens is 422 g/mol. The molecule has 0 amide bonds. The summed E-state index contributed by atoms with van der Waals surface area (Å²) in [5, 5.41) is 19.7. The molecule has 160 valence electrons. The number of methoxy groups -OCH3 is 1. The van der Waals surface area contributed by atoms with E-state index in [2.05, 4.69) is 51.7 Å². The molecule has 5 rings (SSSR count). The SMILES string of the molecule is COc1ccc2cc([C@H](C)c3nnc(SCc4cn(-c5ccccc5)nn4)o3)ccc2c1. The minimum atomic E-state index is -0.0118. The van der Waals surface area contributed by atoms with Gasteiger partial charge in [-0.15, -0.1) is 15.3 Å². The number of thioether (sulfide) groups is 1. The van der Waals surface area contributed by atoms with E-state index >= 15 is 0 Å². The van der Waals surface area contributed by atoms with Crippen molar-refractivity contribution in [2.45, 2.75) is 23.8 Å². The number of hydrogen-bond acceptors (Lipinski definition) is 7. The maximum Gasteiger partial charge on any atom is 0.276 e. The van der Waals surface area contributed by atoms with Crippen LogP contribution >= 0.6 is 11.8 Å². The van der Waals surface area contributed by atoms with Crippen LogP contribution in [0, 0.1) is 0 Å². The molecule has 0 fully saturated rings. The second-order valence-electron chi connectivity index (χ2n) is 7.38. The molecular formula is C24H21N5O2S. The van der Waals surface area contributed by atoms with Gasteiger partial charge >= 0.3 is 0 Å². The smallest absolute Gasteiger partial charge is 0.276 e. The molecule has 0 saturated heterocycles. The summed E-state index contributed by atoms with van der Waals surface area (Å²) in [4.78, 5) is 0. The summed E-state index contributed by atoms with van der Waals surface area (Å²) in [5.41, 5.74) is 2.93. The van der Waals surface area contributed by atoms with E-state index < -0.39 is 0 Å². The summed E-state index contributed by atoms with van der Waals surface area (Å²) >= 11 is 1.45. The molecule has 0 bridgehead atoms. The molecule has 0 N–H and O–H groups in total. The summed E-state index contributed by atoms with van der Waals surface area (Å²) in [6, 6.07) is 22.3. The van der Waals surface area contributed by atoms with Crippen LogP contribution in [0.1, 0.15) is 30.0 Å². The van der Waals surface area contributed by atoms with Gasteiger partial charge in [0.2, 0.25) is 5.89 Å². The minimum Gasteiger partial charge on any atom is -0.497 e. The molecule has 1 atom stereocenters. The molecule has 7 nitrogen and oxygen atoms in total. The number of aromatic nitrogens is 5. The molecule has 2 aromatic heterocycles. The lowest BCUT2D eigenvalue weighted by molar-refractivity contribution is 0.404. The number of ether oxygens (including phenoxy) is 1. The Morgan fingerprint density at radius 2 is 1.78 bits per heavy atom. The van der Waals surface area contributed by atoms with Crippen LogP contribution in [0.15, 0.2) is 82.6 Å². The van der Waals surface area contributed by atoms with Crippen LogP contribution in [0.5, 0.6) is 5.75 Å². The van der Waals surface area contributed by atoms with E-state index in [4.69, 9.17) is 9.15 Å². The van der Waals surface area contributed by atoms with E-state index in [1.165, 1.54) is 11.8 Å². The molecule has 2 heterocycles. The summed E-state index contributed by atoms with van der Waals surface area (Å²) in [7, 11) is 1.67. The van der Waals surface area contributed by atoms with Crippen molar-refractivity contribution >= 4 is 22.5 Å². The van der Waals surface area contributed by atoms with E-state index in [1.54, 1.807) is 11.8 Å². The summed E-state index contributed by atoms with van der Waals surface area (Å²) in [6.45, 7) is 2.07. The summed E-state index contributed by atoms with van der Waals surface area (Å²) in [6.07, 6.45) is 1.91. The van der Waals surface area contributed by atoms with Gasteiger partial charge in [0.15, 0.2) is 0 Å². The van der Waals surface area contributed by atoms with Gasteiger partial charge in [0.05, 0.1) is 30.6 Å². The first kappa shape index (κ1) is 20.3. The summed E-state index contributed by atoms with van der Waals surface area (Å²) < 4.78 is 13.0. The van der Waals surface area contributed by atoms with E-state index in [0.29, 0.717) is 16.9 Å². The van der Waals surface area contributed by atoms with Crippen molar-refractivity contribution in [1.29, 1.82) is 0 Å². The van der Waals surface area contributed by atoms with Crippen molar-refractivity contribution in [3.05, 3.63) is 90.1 Å². The molecule has 3 aromatic carbocycles. The first-order valence-corrected chi connectivity index (χ1v) is 11.2. The minimum absolute atomic E-state index is 0.0118. The van der Waals surface area contributed by atoms with Crippen molar-refractivity contribution in [1.82, 2.24) is 25.2 Å². The Bertz CT molecular complexity index is 1350. The normalized spacial score (nSPS) is 12.2. The summed E-state index contributed by atoms with van der Waals surface area (Å²) in [5.74, 6) is 2.02. The van der Waals surface area contributed by atoms with Gasteiger partial charge in [0, 0.05) is 5.75 Å². The van der Waals surface area contributed by atoms with Crippen LogP contribution < -0.4 is 4.74 Å². The standard InChI is InChI=1S/C24H21N5O2S/c1-16(17-8-9-19-13-22(30-2)11-10-18(19)12-17)23-26-27-24(31-23)32-15-20-14-29(28-25-20)21-6-4-3-5-7-21/h3-14,16H,15H2,1-2H3/t16-/m0/s1. The van der Waals surface area contributed by atoms with Crippen molar-refractivity contribution < 1.29 is 9.15 Å². The molecule has 0 aliphatic rings. The number of nitrogens with zero attached hydrogens (tertiary/aromatic N) is 5. The zero-order chi connectivity index (χ0) is 21.9.